The van der Waals surface area contributed by atoms with E-state index in [0.29, 0.717) is 17.2 Å². The Morgan fingerprint density at radius 3 is 2.89 bits per heavy atom. The largest absolute Gasteiger partial charge is 0.339 e. The molecule has 0 amide bonds. The Hall–Kier alpha value is -0.550. The molecule has 0 radical (unpaired) electrons. The SMILES string of the molecule is CCNC(C)C(CC)c1nc(C2CCCCS2)no1. The van der Waals surface area contributed by atoms with Crippen molar-refractivity contribution in [3.8, 4) is 0 Å². The standard InChI is InChI=1S/C14H25N3OS/c1-4-11(10(3)15-5-2)14-16-13(17-18-14)12-8-6-7-9-19-12/h10-12,15H,4-9H2,1-3H3. The number of hydrogen-bond acceptors (Lipinski definition) is 5. The third-order valence-corrected chi connectivity index (χ3v) is 5.19. The third kappa shape index (κ3) is 3.72. The maximum absolute atomic E-state index is 5.52. The first-order chi connectivity index (χ1) is 9.26. The number of rotatable bonds is 6. The van der Waals surface area contributed by atoms with Crippen molar-refractivity contribution in [2.75, 3.05) is 12.3 Å². The molecule has 1 saturated heterocycles. The molecule has 1 aliphatic heterocycles. The minimum atomic E-state index is 0.315. The predicted octanol–water partition coefficient (Wildman–Crippen LogP) is 3.52. The quantitative estimate of drug-likeness (QED) is 0.865. The van der Waals surface area contributed by atoms with E-state index in [1.807, 2.05) is 11.8 Å². The van der Waals surface area contributed by atoms with Crippen molar-refractivity contribution in [3.05, 3.63) is 11.7 Å². The first-order valence-electron chi connectivity index (χ1n) is 7.44. The van der Waals surface area contributed by atoms with Crippen molar-refractivity contribution in [2.45, 2.75) is 63.7 Å². The number of thioether (sulfide) groups is 1. The molecule has 3 atom stereocenters. The fourth-order valence-corrected chi connectivity index (χ4v) is 3.91. The van der Waals surface area contributed by atoms with Crippen LogP contribution in [0.1, 0.15) is 69.3 Å². The van der Waals surface area contributed by atoms with Crippen LogP contribution in [0, 0.1) is 0 Å². The van der Waals surface area contributed by atoms with Gasteiger partial charge in [0.15, 0.2) is 5.82 Å². The van der Waals surface area contributed by atoms with Gasteiger partial charge >= 0.3 is 0 Å². The highest BCUT2D eigenvalue weighted by atomic mass is 32.2. The van der Waals surface area contributed by atoms with Crippen LogP contribution in [0.5, 0.6) is 0 Å². The molecule has 0 spiro atoms. The molecule has 1 aromatic heterocycles. The summed E-state index contributed by atoms with van der Waals surface area (Å²) in [6.45, 7) is 7.47. The number of hydrogen-bond donors (Lipinski definition) is 1. The van der Waals surface area contributed by atoms with Crippen molar-refractivity contribution in [1.82, 2.24) is 15.5 Å². The number of likely N-dealkylation sites (N-methyl/N-ethyl adjacent to an activating group) is 1. The maximum Gasteiger partial charge on any atom is 0.231 e. The topological polar surface area (TPSA) is 51.0 Å². The number of nitrogens with one attached hydrogen (secondary N) is 1. The van der Waals surface area contributed by atoms with E-state index in [0.717, 1.165) is 24.7 Å². The van der Waals surface area contributed by atoms with Gasteiger partial charge in [0.05, 0.1) is 11.2 Å². The summed E-state index contributed by atoms with van der Waals surface area (Å²) in [5.41, 5.74) is 0. The Morgan fingerprint density at radius 1 is 1.42 bits per heavy atom. The van der Waals surface area contributed by atoms with Gasteiger partial charge in [0.2, 0.25) is 5.89 Å². The molecule has 1 aliphatic rings. The van der Waals surface area contributed by atoms with E-state index < -0.39 is 0 Å². The number of aromatic nitrogens is 2. The lowest BCUT2D eigenvalue weighted by molar-refractivity contribution is 0.315. The van der Waals surface area contributed by atoms with Gasteiger partial charge in [-0.1, -0.05) is 25.4 Å². The van der Waals surface area contributed by atoms with Crippen LogP contribution in [0.3, 0.4) is 0 Å². The summed E-state index contributed by atoms with van der Waals surface area (Å²) in [6.07, 6.45) is 4.81. The molecule has 19 heavy (non-hydrogen) atoms. The van der Waals surface area contributed by atoms with Gasteiger partial charge in [0, 0.05) is 6.04 Å². The van der Waals surface area contributed by atoms with Crippen LogP contribution in [0.25, 0.3) is 0 Å². The zero-order valence-electron chi connectivity index (χ0n) is 12.2. The minimum absolute atomic E-state index is 0.315. The van der Waals surface area contributed by atoms with Gasteiger partial charge in [-0.25, -0.2) is 0 Å². The van der Waals surface area contributed by atoms with Crippen LogP contribution in [-0.4, -0.2) is 28.5 Å². The fraction of sp³-hybridized carbons (Fsp3) is 0.857. The lowest BCUT2D eigenvalue weighted by atomic mass is 9.98. The first kappa shape index (κ1) is 14.9. The lowest BCUT2D eigenvalue weighted by Crippen LogP contribution is -2.31. The highest BCUT2D eigenvalue weighted by Crippen LogP contribution is 2.37. The minimum Gasteiger partial charge on any atom is -0.339 e. The Balaban J connectivity index is 2.05. The van der Waals surface area contributed by atoms with Crippen LogP contribution in [0.15, 0.2) is 4.52 Å². The van der Waals surface area contributed by atoms with Crippen LogP contribution < -0.4 is 5.32 Å². The smallest absolute Gasteiger partial charge is 0.231 e. The second kappa shape index (κ2) is 7.29. The van der Waals surface area contributed by atoms with E-state index in [1.165, 1.54) is 25.0 Å². The van der Waals surface area contributed by atoms with Gasteiger partial charge in [0.25, 0.3) is 0 Å². The van der Waals surface area contributed by atoms with Crippen LogP contribution in [0.4, 0.5) is 0 Å². The average molecular weight is 283 g/mol. The van der Waals surface area contributed by atoms with E-state index in [1.54, 1.807) is 0 Å². The lowest BCUT2D eigenvalue weighted by Gasteiger charge is -2.20. The van der Waals surface area contributed by atoms with E-state index in [9.17, 15) is 0 Å². The van der Waals surface area contributed by atoms with Crippen molar-refractivity contribution >= 4 is 11.8 Å². The number of nitrogens with zero attached hydrogens (tertiary/aromatic N) is 2. The summed E-state index contributed by atoms with van der Waals surface area (Å²) < 4.78 is 5.52. The Morgan fingerprint density at radius 2 is 2.26 bits per heavy atom. The monoisotopic (exact) mass is 283 g/mol. The second-order valence-corrected chi connectivity index (χ2v) is 6.52. The van der Waals surface area contributed by atoms with Crippen molar-refractivity contribution in [2.24, 2.45) is 0 Å². The van der Waals surface area contributed by atoms with Crippen molar-refractivity contribution in [1.29, 1.82) is 0 Å². The molecule has 3 unspecified atom stereocenters. The zero-order valence-corrected chi connectivity index (χ0v) is 13.0. The molecule has 2 rings (SSSR count). The molecule has 1 aromatic rings. The molecule has 1 fully saturated rings. The molecular formula is C14H25N3OS. The van der Waals surface area contributed by atoms with Gasteiger partial charge < -0.3 is 9.84 Å². The summed E-state index contributed by atoms with van der Waals surface area (Å²) in [5.74, 6) is 3.24. The maximum atomic E-state index is 5.52. The normalized spacial score (nSPS) is 23.2. The molecule has 0 bridgehead atoms. The summed E-state index contributed by atoms with van der Waals surface area (Å²) >= 11 is 1.97. The van der Waals surface area contributed by atoms with Gasteiger partial charge in [0.1, 0.15) is 0 Å². The van der Waals surface area contributed by atoms with Crippen LogP contribution >= 0.6 is 11.8 Å². The highest BCUT2D eigenvalue weighted by Gasteiger charge is 2.26. The molecule has 0 saturated carbocycles. The summed E-state index contributed by atoms with van der Waals surface area (Å²) in [4.78, 5) is 4.67. The zero-order chi connectivity index (χ0) is 13.7. The van der Waals surface area contributed by atoms with Gasteiger partial charge in [-0.2, -0.15) is 16.7 Å². The summed E-state index contributed by atoms with van der Waals surface area (Å²) in [6, 6.07) is 0.377. The molecule has 0 aliphatic carbocycles. The van der Waals surface area contributed by atoms with E-state index in [4.69, 9.17) is 4.52 Å². The highest BCUT2D eigenvalue weighted by molar-refractivity contribution is 7.99. The molecule has 0 aromatic carbocycles. The second-order valence-electron chi connectivity index (χ2n) is 5.21. The summed E-state index contributed by atoms with van der Waals surface area (Å²) in [5, 5.41) is 8.11. The van der Waals surface area contributed by atoms with Gasteiger partial charge in [-0.15, -0.1) is 0 Å². The van der Waals surface area contributed by atoms with Crippen LogP contribution in [-0.2, 0) is 0 Å². The molecule has 2 heterocycles. The Labute approximate surface area is 120 Å². The summed E-state index contributed by atoms with van der Waals surface area (Å²) in [7, 11) is 0. The molecule has 4 nitrogen and oxygen atoms in total. The van der Waals surface area contributed by atoms with E-state index in [-0.39, 0.29) is 0 Å². The Kier molecular flexibility index (Phi) is 5.70. The first-order valence-corrected chi connectivity index (χ1v) is 8.49. The van der Waals surface area contributed by atoms with Crippen molar-refractivity contribution < 1.29 is 4.52 Å². The fourth-order valence-electron chi connectivity index (χ4n) is 2.68. The predicted molar refractivity (Wildman–Crippen MR) is 79.5 cm³/mol. The van der Waals surface area contributed by atoms with Crippen LogP contribution in [0.2, 0.25) is 0 Å². The Bertz CT molecular complexity index is 377. The molecule has 108 valence electrons. The van der Waals surface area contributed by atoms with Gasteiger partial charge in [-0.05, 0) is 38.5 Å². The van der Waals surface area contributed by atoms with E-state index in [2.05, 4.69) is 36.2 Å². The van der Waals surface area contributed by atoms with E-state index >= 15 is 0 Å². The molecular weight excluding hydrogens is 258 g/mol. The molecule has 5 heteroatoms. The van der Waals surface area contributed by atoms with Gasteiger partial charge in [-0.3, -0.25) is 0 Å². The third-order valence-electron chi connectivity index (χ3n) is 3.81. The van der Waals surface area contributed by atoms with Crippen molar-refractivity contribution in [3.63, 3.8) is 0 Å². The molecule has 1 N–H and O–H groups in total. The average Bonchev–Trinajstić information content (AvgIpc) is 2.90.